The summed E-state index contributed by atoms with van der Waals surface area (Å²) < 4.78 is 26.6. The smallest absolute Gasteiger partial charge is 0.130 e. The van der Waals surface area contributed by atoms with E-state index in [1.807, 2.05) is 0 Å². The van der Waals surface area contributed by atoms with Crippen molar-refractivity contribution < 1.29 is 14.0 Å². The van der Waals surface area contributed by atoms with Gasteiger partial charge in [0.15, 0.2) is 0 Å². The second-order valence-corrected chi connectivity index (χ2v) is 3.56. The fourth-order valence-corrected chi connectivity index (χ4v) is 1.32. The first kappa shape index (κ1) is 10.6. The van der Waals surface area contributed by atoms with Crippen LogP contribution in [0.1, 0.15) is 19.4 Å². The Hall–Kier alpha value is -1.45. The minimum Gasteiger partial charge on any atom is -0.411 e. The highest BCUT2D eigenvalue weighted by Gasteiger charge is 2.26. The van der Waals surface area contributed by atoms with E-state index in [0.717, 1.165) is 6.21 Å². The average molecular weight is 199 g/mol. The Morgan fingerprint density at radius 1 is 1.29 bits per heavy atom. The summed E-state index contributed by atoms with van der Waals surface area (Å²) in [6.07, 6.45) is 1.09. The van der Waals surface area contributed by atoms with Gasteiger partial charge >= 0.3 is 0 Å². The third-order valence-corrected chi connectivity index (χ3v) is 1.99. The topological polar surface area (TPSA) is 32.6 Å². The second kappa shape index (κ2) is 3.74. The molecule has 0 aliphatic heterocycles. The van der Waals surface area contributed by atoms with Crippen LogP contribution in [0, 0.1) is 11.6 Å². The molecule has 0 unspecified atom stereocenters. The molecule has 0 saturated carbocycles. The summed E-state index contributed by atoms with van der Waals surface area (Å²) in [5.41, 5.74) is -1.07. The molecule has 1 rings (SSSR count). The molecule has 0 atom stereocenters. The Kier molecular flexibility index (Phi) is 2.84. The Morgan fingerprint density at radius 2 is 1.79 bits per heavy atom. The van der Waals surface area contributed by atoms with Gasteiger partial charge in [-0.05, 0) is 12.1 Å². The normalized spacial score (nSPS) is 12.3. The lowest BCUT2D eigenvalue weighted by Crippen LogP contribution is -2.22. The summed E-state index contributed by atoms with van der Waals surface area (Å²) in [6.45, 7) is 3.13. The van der Waals surface area contributed by atoms with Crippen molar-refractivity contribution in [2.75, 3.05) is 0 Å². The van der Waals surface area contributed by atoms with Crippen LogP contribution >= 0.6 is 0 Å². The molecular weight excluding hydrogens is 188 g/mol. The first-order chi connectivity index (χ1) is 6.49. The molecule has 14 heavy (non-hydrogen) atoms. The maximum absolute atomic E-state index is 13.3. The third-order valence-electron chi connectivity index (χ3n) is 1.99. The van der Waals surface area contributed by atoms with Crippen molar-refractivity contribution >= 4 is 6.21 Å². The van der Waals surface area contributed by atoms with Crippen molar-refractivity contribution in [1.82, 2.24) is 0 Å². The van der Waals surface area contributed by atoms with Gasteiger partial charge in [0.25, 0.3) is 0 Å². The summed E-state index contributed by atoms with van der Waals surface area (Å²) in [5.74, 6) is -1.29. The van der Waals surface area contributed by atoms with Crippen LogP contribution in [0.15, 0.2) is 23.4 Å². The number of rotatable bonds is 2. The number of oxime groups is 1. The van der Waals surface area contributed by atoms with Gasteiger partial charge in [-0.15, -0.1) is 5.16 Å². The summed E-state index contributed by atoms with van der Waals surface area (Å²) in [4.78, 5) is 0. The monoisotopic (exact) mass is 199 g/mol. The molecule has 0 fully saturated rings. The number of benzene rings is 1. The zero-order chi connectivity index (χ0) is 10.8. The molecule has 4 heteroatoms. The van der Waals surface area contributed by atoms with E-state index in [-0.39, 0.29) is 5.56 Å². The summed E-state index contributed by atoms with van der Waals surface area (Å²) in [6, 6.07) is 3.64. The zero-order valence-corrected chi connectivity index (χ0v) is 7.96. The van der Waals surface area contributed by atoms with Crippen molar-refractivity contribution in [3.05, 3.63) is 35.4 Å². The molecule has 0 spiro atoms. The first-order valence-corrected chi connectivity index (χ1v) is 4.12. The molecule has 0 radical (unpaired) electrons. The molecule has 0 aliphatic carbocycles. The van der Waals surface area contributed by atoms with Crippen molar-refractivity contribution in [2.45, 2.75) is 19.3 Å². The zero-order valence-electron chi connectivity index (χ0n) is 7.96. The fraction of sp³-hybridized carbons (Fsp3) is 0.300. The Bertz CT molecular complexity index is 341. The molecule has 1 aromatic rings. The third kappa shape index (κ3) is 1.89. The van der Waals surface area contributed by atoms with Crippen LogP contribution in [0.5, 0.6) is 0 Å². The van der Waals surface area contributed by atoms with Gasteiger partial charge in [0, 0.05) is 11.0 Å². The highest BCUT2D eigenvalue weighted by atomic mass is 19.1. The van der Waals surface area contributed by atoms with Crippen LogP contribution in [0.25, 0.3) is 0 Å². The summed E-state index contributed by atoms with van der Waals surface area (Å²) in [5, 5.41) is 11.2. The van der Waals surface area contributed by atoms with Crippen LogP contribution < -0.4 is 0 Å². The molecule has 1 N–H and O–H groups in total. The van der Waals surface area contributed by atoms with Crippen LogP contribution in [0.2, 0.25) is 0 Å². The molecule has 2 nitrogen and oxygen atoms in total. The Balaban J connectivity index is 3.30. The first-order valence-electron chi connectivity index (χ1n) is 4.12. The lowest BCUT2D eigenvalue weighted by Gasteiger charge is -2.20. The van der Waals surface area contributed by atoms with Gasteiger partial charge in [0.2, 0.25) is 0 Å². The predicted molar refractivity (Wildman–Crippen MR) is 49.7 cm³/mol. The van der Waals surface area contributed by atoms with Crippen LogP contribution in [-0.4, -0.2) is 11.4 Å². The van der Waals surface area contributed by atoms with E-state index >= 15 is 0 Å². The molecular formula is C10H11F2NO. The van der Waals surface area contributed by atoms with Gasteiger partial charge in [-0.2, -0.15) is 0 Å². The van der Waals surface area contributed by atoms with Gasteiger partial charge in [0.05, 0.1) is 6.21 Å². The van der Waals surface area contributed by atoms with E-state index in [0.29, 0.717) is 0 Å². The molecule has 1 aromatic carbocycles. The lowest BCUT2D eigenvalue weighted by molar-refractivity contribution is 0.317. The van der Waals surface area contributed by atoms with E-state index in [1.54, 1.807) is 13.8 Å². The number of hydrogen-bond acceptors (Lipinski definition) is 2. The minimum absolute atomic E-state index is 0.0993. The Labute approximate surface area is 80.9 Å². The van der Waals surface area contributed by atoms with Gasteiger partial charge in [0.1, 0.15) is 11.6 Å². The molecule has 76 valence electrons. The Morgan fingerprint density at radius 3 is 2.21 bits per heavy atom. The standard InChI is InChI=1S/C10H11F2NO/c1-10(2,6-13-14)9-7(11)4-3-5-8(9)12/h3-6,14H,1-2H3/b13-6+. The SMILES string of the molecule is CC(C)(/C=N/O)c1c(F)cccc1F. The average Bonchev–Trinajstić information content (AvgIpc) is 2.02. The predicted octanol–water partition coefficient (Wildman–Crippen LogP) is 2.70. The highest BCUT2D eigenvalue weighted by Crippen LogP contribution is 2.26. The lowest BCUT2D eigenvalue weighted by atomic mass is 9.85. The minimum atomic E-state index is -0.968. The van der Waals surface area contributed by atoms with E-state index in [4.69, 9.17) is 5.21 Å². The van der Waals surface area contributed by atoms with Crippen molar-refractivity contribution in [1.29, 1.82) is 0 Å². The molecule has 0 bridgehead atoms. The summed E-state index contributed by atoms with van der Waals surface area (Å²) in [7, 11) is 0. The molecule has 0 aliphatic rings. The van der Waals surface area contributed by atoms with Gasteiger partial charge < -0.3 is 5.21 Å². The largest absolute Gasteiger partial charge is 0.411 e. The van der Waals surface area contributed by atoms with E-state index in [2.05, 4.69) is 5.16 Å². The van der Waals surface area contributed by atoms with Crippen LogP contribution in [-0.2, 0) is 5.41 Å². The second-order valence-electron chi connectivity index (χ2n) is 3.56. The van der Waals surface area contributed by atoms with Crippen molar-refractivity contribution in [3.8, 4) is 0 Å². The van der Waals surface area contributed by atoms with Crippen LogP contribution in [0.4, 0.5) is 8.78 Å². The number of halogens is 2. The quantitative estimate of drug-likeness (QED) is 0.443. The fourth-order valence-electron chi connectivity index (χ4n) is 1.32. The maximum atomic E-state index is 13.3. The van der Waals surface area contributed by atoms with Crippen molar-refractivity contribution in [2.24, 2.45) is 5.16 Å². The van der Waals surface area contributed by atoms with E-state index in [1.165, 1.54) is 18.2 Å². The molecule has 0 saturated heterocycles. The summed E-state index contributed by atoms with van der Waals surface area (Å²) >= 11 is 0. The molecule has 0 aromatic heterocycles. The van der Waals surface area contributed by atoms with E-state index < -0.39 is 17.0 Å². The molecule has 0 heterocycles. The maximum Gasteiger partial charge on any atom is 0.130 e. The highest BCUT2D eigenvalue weighted by molar-refractivity contribution is 5.72. The van der Waals surface area contributed by atoms with Crippen molar-refractivity contribution in [3.63, 3.8) is 0 Å². The number of nitrogens with zero attached hydrogens (tertiary/aromatic N) is 1. The van der Waals surface area contributed by atoms with Gasteiger partial charge in [-0.25, -0.2) is 8.78 Å². The van der Waals surface area contributed by atoms with Gasteiger partial charge in [-0.3, -0.25) is 0 Å². The number of hydrogen-bond donors (Lipinski definition) is 1. The van der Waals surface area contributed by atoms with Gasteiger partial charge in [-0.1, -0.05) is 19.9 Å². The van der Waals surface area contributed by atoms with E-state index in [9.17, 15) is 8.78 Å². The molecule has 0 amide bonds. The van der Waals surface area contributed by atoms with Crippen LogP contribution in [0.3, 0.4) is 0 Å².